The summed E-state index contributed by atoms with van der Waals surface area (Å²) < 4.78 is 13.5. The van der Waals surface area contributed by atoms with Gasteiger partial charge in [-0.1, -0.05) is 12.1 Å². The Hall–Kier alpha value is -2.66. The number of hydrogen-bond donors (Lipinski definition) is 0. The van der Waals surface area contributed by atoms with E-state index in [0.29, 0.717) is 0 Å². The molecule has 4 aromatic rings. The fourth-order valence-electron chi connectivity index (χ4n) is 3.03. The SMILES string of the molecule is CC[n+]1ccc(-c2ccc(-c3cc[n+](CC)cc3)c3nsnc23)cc1. The zero-order valence-corrected chi connectivity index (χ0v) is 15.2. The highest BCUT2D eigenvalue weighted by Crippen LogP contribution is 2.33. The first kappa shape index (κ1) is 15.8. The van der Waals surface area contributed by atoms with Crippen LogP contribution in [-0.4, -0.2) is 8.75 Å². The zero-order chi connectivity index (χ0) is 17.2. The maximum Gasteiger partial charge on any atom is 0.169 e. The molecular formula is C20H20N4S+2. The smallest absolute Gasteiger partial charge is 0.169 e. The molecular weight excluding hydrogens is 328 g/mol. The van der Waals surface area contributed by atoms with Crippen LogP contribution < -0.4 is 9.13 Å². The number of pyridine rings is 2. The lowest BCUT2D eigenvalue weighted by atomic mass is 9.99. The molecule has 25 heavy (non-hydrogen) atoms. The van der Waals surface area contributed by atoms with E-state index in [9.17, 15) is 0 Å². The van der Waals surface area contributed by atoms with Crippen LogP contribution in [0, 0.1) is 0 Å². The number of aromatic nitrogens is 4. The molecule has 124 valence electrons. The van der Waals surface area contributed by atoms with Gasteiger partial charge in [0.1, 0.15) is 24.1 Å². The van der Waals surface area contributed by atoms with E-state index in [1.54, 1.807) is 0 Å². The molecule has 5 heteroatoms. The minimum atomic E-state index is 0.971. The van der Waals surface area contributed by atoms with Crippen LogP contribution in [0.4, 0.5) is 0 Å². The van der Waals surface area contributed by atoms with Crippen molar-refractivity contribution in [2.45, 2.75) is 26.9 Å². The molecule has 0 spiro atoms. The lowest BCUT2D eigenvalue weighted by molar-refractivity contribution is -0.693. The third-order valence-corrected chi connectivity index (χ3v) is 5.08. The molecule has 0 N–H and O–H groups in total. The summed E-state index contributed by atoms with van der Waals surface area (Å²) in [5.41, 5.74) is 6.57. The van der Waals surface area contributed by atoms with Crippen LogP contribution in [0.3, 0.4) is 0 Å². The van der Waals surface area contributed by atoms with Crippen molar-refractivity contribution < 1.29 is 9.13 Å². The Bertz CT molecular complexity index is 923. The van der Waals surface area contributed by atoms with Crippen LogP contribution >= 0.6 is 11.7 Å². The predicted molar refractivity (Wildman–Crippen MR) is 100 cm³/mol. The molecule has 0 saturated carbocycles. The van der Waals surface area contributed by atoms with E-state index in [4.69, 9.17) is 0 Å². The first-order valence-corrected chi connectivity index (χ1v) is 9.27. The van der Waals surface area contributed by atoms with Crippen molar-refractivity contribution in [1.29, 1.82) is 0 Å². The minimum Gasteiger partial charge on any atom is -0.205 e. The predicted octanol–water partition coefficient (Wildman–Crippen LogP) is 3.64. The van der Waals surface area contributed by atoms with Gasteiger partial charge in [0, 0.05) is 35.4 Å². The van der Waals surface area contributed by atoms with Gasteiger partial charge in [0.2, 0.25) is 0 Å². The molecule has 0 atom stereocenters. The molecule has 3 heterocycles. The lowest BCUT2D eigenvalue weighted by Gasteiger charge is -2.06. The average molecular weight is 348 g/mol. The molecule has 3 aromatic heterocycles. The van der Waals surface area contributed by atoms with Crippen LogP contribution in [0.1, 0.15) is 13.8 Å². The van der Waals surface area contributed by atoms with Gasteiger partial charge in [-0.25, -0.2) is 9.13 Å². The summed E-state index contributed by atoms with van der Waals surface area (Å²) in [5, 5.41) is 0. The first-order valence-electron chi connectivity index (χ1n) is 8.54. The van der Waals surface area contributed by atoms with Gasteiger partial charge in [-0.3, -0.25) is 0 Å². The first-order chi connectivity index (χ1) is 12.3. The van der Waals surface area contributed by atoms with Crippen molar-refractivity contribution in [1.82, 2.24) is 8.75 Å². The standard InChI is InChI=1S/C20H20N4S/c1-3-23-11-7-15(8-12-23)17-5-6-18(20-19(17)21-25-22-20)16-9-13-24(4-2)14-10-16/h5-14H,3-4H2,1-2H3/q+2. The van der Waals surface area contributed by atoms with Gasteiger partial charge in [-0.05, 0) is 25.0 Å². The number of aryl methyl sites for hydroxylation is 2. The van der Waals surface area contributed by atoms with Gasteiger partial charge in [-0.15, -0.1) is 0 Å². The molecule has 0 bridgehead atoms. The van der Waals surface area contributed by atoms with E-state index < -0.39 is 0 Å². The van der Waals surface area contributed by atoms with E-state index >= 15 is 0 Å². The number of fused-ring (bicyclic) bond motifs is 1. The largest absolute Gasteiger partial charge is 0.205 e. The van der Waals surface area contributed by atoms with Crippen molar-refractivity contribution in [2.24, 2.45) is 0 Å². The summed E-state index contributed by atoms with van der Waals surface area (Å²) >= 11 is 1.28. The van der Waals surface area contributed by atoms with E-state index in [2.05, 4.69) is 92.9 Å². The number of benzene rings is 1. The van der Waals surface area contributed by atoms with Crippen molar-refractivity contribution in [3.63, 3.8) is 0 Å². The van der Waals surface area contributed by atoms with E-state index in [1.165, 1.54) is 22.9 Å². The number of rotatable bonds is 4. The molecule has 0 radical (unpaired) electrons. The lowest BCUT2D eigenvalue weighted by Crippen LogP contribution is -2.30. The highest BCUT2D eigenvalue weighted by atomic mass is 32.1. The Morgan fingerprint density at radius 2 is 1.08 bits per heavy atom. The van der Waals surface area contributed by atoms with Gasteiger partial charge < -0.3 is 0 Å². The molecule has 0 amide bonds. The van der Waals surface area contributed by atoms with Gasteiger partial charge in [0.15, 0.2) is 24.8 Å². The molecule has 4 rings (SSSR count). The van der Waals surface area contributed by atoms with Gasteiger partial charge in [0.05, 0.1) is 11.7 Å². The van der Waals surface area contributed by atoms with Gasteiger partial charge >= 0.3 is 0 Å². The Labute approximate surface area is 151 Å². The van der Waals surface area contributed by atoms with Crippen molar-refractivity contribution >= 4 is 22.8 Å². The molecule has 0 aliphatic rings. The zero-order valence-electron chi connectivity index (χ0n) is 14.4. The fraction of sp³-hybridized carbons (Fsp3) is 0.200. The second kappa shape index (κ2) is 6.69. The Morgan fingerprint density at radius 1 is 0.680 bits per heavy atom. The molecule has 1 aromatic carbocycles. The topological polar surface area (TPSA) is 33.5 Å². The van der Waals surface area contributed by atoms with Crippen LogP contribution in [0.15, 0.2) is 61.2 Å². The third-order valence-electron chi connectivity index (χ3n) is 4.55. The molecule has 0 aliphatic carbocycles. The van der Waals surface area contributed by atoms with E-state index in [0.717, 1.165) is 35.2 Å². The van der Waals surface area contributed by atoms with Gasteiger partial charge in [0.25, 0.3) is 0 Å². The number of nitrogens with zero attached hydrogens (tertiary/aromatic N) is 4. The summed E-state index contributed by atoms with van der Waals surface area (Å²) in [6, 6.07) is 12.9. The summed E-state index contributed by atoms with van der Waals surface area (Å²) in [6.45, 7) is 6.22. The highest BCUT2D eigenvalue weighted by molar-refractivity contribution is 7.00. The summed E-state index contributed by atoms with van der Waals surface area (Å²) in [5.74, 6) is 0. The number of hydrogen-bond acceptors (Lipinski definition) is 3. The molecule has 0 saturated heterocycles. The Morgan fingerprint density at radius 3 is 1.44 bits per heavy atom. The molecule has 0 fully saturated rings. The van der Waals surface area contributed by atoms with Crippen LogP contribution in [0.5, 0.6) is 0 Å². The summed E-state index contributed by atoms with van der Waals surface area (Å²) in [6.07, 6.45) is 8.43. The summed E-state index contributed by atoms with van der Waals surface area (Å²) in [7, 11) is 0. The molecule has 4 nitrogen and oxygen atoms in total. The molecule has 0 aliphatic heterocycles. The Kier molecular flexibility index (Phi) is 4.24. The van der Waals surface area contributed by atoms with E-state index in [1.807, 2.05) is 0 Å². The quantitative estimate of drug-likeness (QED) is 0.528. The monoisotopic (exact) mass is 348 g/mol. The van der Waals surface area contributed by atoms with Crippen LogP contribution in [-0.2, 0) is 13.1 Å². The minimum absolute atomic E-state index is 0.971. The normalized spacial score (nSPS) is 11.1. The van der Waals surface area contributed by atoms with Crippen molar-refractivity contribution in [3.8, 4) is 22.3 Å². The highest BCUT2D eigenvalue weighted by Gasteiger charge is 2.14. The van der Waals surface area contributed by atoms with Crippen LogP contribution in [0.25, 0.3) is 33.3 Å². The van der Waals surface area contributed by atoms with E-state index in [-0.39, 0.29) is 0 Å². The average Bonchev–Trinajstić information content (AvgIpc) is 3.17. The van der Waals surface area contributed by atoms with Crippen molar-refractivity contribution in [3.05, 3.63) is 61.2 Å². The summed E-state index contributed by atoms with van der Waals surface area (Å²) in [4.78, 5) is 0. The second-order valence-electron chi connectivity index (χ2n) is 5.96. The maximum absolute atomic E-state index is 4.58. The Balaban J connectivity index is 1.82. The van der Waals surface area contributed by atoms with Crippen molar-refractivity contribution in [2.75, 3.05) is 0 Å². The molecule has 0 unspecified atom stereocenters. The fourth-order valence-corrected chi connectivity index (χ4v) is 3.60. The third kappa shape index (κ3) is 2.91. The van der Waals surface area contributed by atoms with Crippen LogP contribution in [0.2, 0.25) is 0 Å². The van der Waals surface area contributed by atoms with Gasteiger partial charge in [-0.2, -0.15) is 8.75 Å². The maximum atomic E-state index is 4.58. The second-order valence-corrected chi connectivity index (χ2v) is 6.49.